The highest BCUT2D eigenvalue weighted by Crippen LogP contribution is 2.28. The Morgan fingerprint density at radius 1 is 1.15 bits per heavy atom. The molecule has 0 saturated heterocycles. The maximum absolute atomic E-state index is 10.7. The molecule has 0 aliphatic heterocycles. The first-order chi connectivity index (χ1) is 9.58. The quantitative estimate of drug-likeness (QED) is 0.743. The number of nitrogen functional groups attached to an aromatic ring is 1. The standard InChI is InChI=1S/C14H15N3O3/c1-19-10-5-6-13(12(15)8-10)17-9-3-2-4-11(7-9)20-14(16)18/h2-8,17H,15H2,1H3,(H2,16,18). The zero-order valence-corrected chi connectivity index (χ0v) is 10.9. The molecule has 0 atom stereocenters. The summed E-state index contributed by atoms with van der Waals surface area (Å²) in [6, 6.07) is 12.1. The van der Waals surface area contributed by atoms with Gasteiger partial charge in [-0.15, -0.1) is 0 Å². The minimum Gasteiger partial charge on any atom is -0.497 e. The Hall–Kier alpha value is -2.89. The van der Waals surface area contributed by atoms with E-state index in [9.17, 15) is 4.79 Å². The maximum atomic E-state index is 10.7. The molecule has 5 N–H and O–H groups in total. The molecular weight excluding hydrogens is 258 g/mol. The molecule has 0 aliphatic rings. The van der Waals surface area contributed by atoms with Gasteiger partial charge in [0.25, 0.3) is 0 Å². The number of anilines is 3. The normalized spacial score (nSPS) is 9.85. The van der Waals surface area contributed by atoms with Crippen molar-refractivity contribution in [2.75, 3.05) is 18.2 Å². The van der Waals surface area contributed by atoms with Crippen LogP contribution in [0.3, 0.4) is 0 Å². The van der Waals surface area contributed by atoms with E-state index in [0.717, 1.165) is 11.4 Å². The van der Waals surface area contributed by atoms with Crippen LogP contribution < -0.4 is 26.3 Å². The highest BCUT2D eigenvalue weighted by molar-refractivity contribution is 5.75. The minimum atomic E-state index is -0.855. The molecule has 20 heavy (non-hydrogen) atoms. The molecule has 0 fully saturated rings. The molecule has 104 valence electrons. The molecule has 0 aromatic heterocycles. The van der Waals surface area contributed by atoms with E-state index in [2.05, 4.69) is 5.32 Å². The van der Waals surface area contributed by atoms with Crippen LogP contribution >= 0.6 is 0 Å². The number of rotatable bonds is 4. The first-order valence-corrected chi connectivity index (χ1v) is 5.86. The molecule has 0 unspecified atom stereocenters. The van der Waals surface area contributed by atoms with Crippen molar-refractivity contribution < 1.29 is 14.3 Å². The number of primary amides is 1. The first-order valence-electron chi connectivity index (χ1n) is 5.86. The Bertz CT molecular complexity index is 629. The minimum absolute atomic E-state index is 0.356. The smallest absolute Gasteiger partial charge is 0.409 e. The summed E-state index contributed by atoms with van der Waals surface area (Å²) in [6.45, 7) is 0. The lowest BCUT2D eigenvalue weighted by atomic mass is 10.2. The van der Waals surface area contributed by atoms with Crippen LogP contribution in [-0.4, -0.2) is 13.2 Å². The van der Waals surface area contributed by atoms with Gasteiger partial charge in [-0.05, 0) is 24.3 Å². The van der Waals surface area contributed by atoms with Gasteiger partial charge in [-0.25, -0.2) is 4.79 Å². The van der Waals surface area contributed by atoms with E-state index in [1.54, 1.807) is 43.5 Å². The van der Waals surface area contributed by atoms with Gasteiger partial charge in [-0.3, -0.25) is 0 Å². The number of carbonyl (C=O) groups excluding carboxylic acids is 1. The van der Waals surface area contributed by atoms with Crippen LogP contribution in [0.15, 0.2) is 42.5 Å². The Labute approximate surface area is 116 Å². The van der Waals surface area contributed by atoms with Crippen LogP contribution in [0.25, 0.3) is 0 Å². The lowest BCUT2D eigenvalue weighted by molar-refractivity contribution is 0.211. The lowest BCUT2D eigenvalue weighted by Crippen LogP contribution is -2.16. The Morgan fingerprint density at radius 3 is 2.60 bits per heavy atom. The predicted molar refractivity (Wildman–Crippen MR) is 77.3 cm³/mol. The fraction of sp³-hybridized carbons (Fsp3) is 0.0714. The molecule has 2 aromatic carbocycles. The van der Waals surface area contributed by atoms with Crippen molar-refractivity contribution in [2.45, 2.75) is 0 Å². The third-order valence-electron chi connectivity index (χ3n) is 2.59. The fourth-order valence-corrected chi connectivity index (χ4v) is 1.69. The zero-order valence-electron chi connectivity index (χ0n) is 10.9. The number of nitrogens with two attached hydrogens (primary N) is 2. The fourth-order valence-electron chi connectivity index (χ4n) is 1.69. The third-order valence-corrected chi connectivity index (χ3v) is 2.59. The highest BCUT2D eigenvalue weighted by Gasteiger charge is 2.04. The van der Waals surface area contributed by atoms with Crippen molar-refractivity contribution in [3.05, 3.63) is 42.5 Å². The number of ether oxygens (including phenoxy) is 2. The van der Waals surface area contributed by atoms with Crippen molar-refractivity contribution in [1.29, 1.82) is 0 Å². The van der Waals surface area contributed by atoms with E-state index in [1.807, 2.05) is 6.07 Å². The summed E-state index contributed by atoms with van der Waals surface area (Å²) >= 11 is 0. The highest BCUT2D eigenvalue weighted by atomic mass is 16.5. The van der Waals surface area contributed by atoms with E-state index < -0.39 is 6.09 Å². The molecular formula is C14H15N3O3. The van der Waals surface area contributed by atoms with Crippen LogP contribution in [-0.2, 0) is 0 Å². The van der Waals surface area contributed by atoms with Crippen LogP contribution in [0.5, 0.6) is 11.5 Å². The van der Waals surface area contributed by atoms with Crippen molar-refractivity contribution in [3.8, 4) is 11.5 Å². The van der Waals surface area contributed by atoms with Gasteiger partial charge in [0.1, 0.15) is 11.5 Å². The number of hydrogen-bond donors (Lipinski definition) is 3. The SMILES string of the molecule is COc1ccc(Nc2cccc(OC(N)=O)c2)c(N)c1. The van der Waals surface area contributed by atoms with Gasteiger partial charge in [-0.2, -0.15) is 0 Å². The van der Waals surface area contributed by atoms with Crippen molar-refractivity contribution in [2.24, 2.45) is 5.73 Å². The molecule has 0 bridgehead atoms. The molecule has 2 rings (SSSR count). The van der Waals surface area contributed by atoms with E-state index >= 15 is 0 Å². The van der Waals surface area contributed by atoms with Gasteiger partial charge in [0.05, 0.1) is 18.5 Å². The van der Waals surface area contributed by atoms with Gasteiger partial charge >= 0.3 is 6.09 Å². The molecule has 0 aliphatic carbocycles. The molecule has 6 nitrogen and oxygen atoms in total. The van der Waals surface area contributed by atoms with E-state index in [4.69, 9.17) is 20.9 Å². The summed E-state index contributed by atoms with van der Waals surface area (Å²) in [4.78, 5) is 10.7. The Kier molecular flexibility index (Phi) is 3.95. The predicted octanol–water partition coefficient (Wildman–Crippen LogP) is 2.48. The summed E-state index contributed by atoms with van der Waals surface area (Å²) in [7, 11) is 1.58. The summed E-state index contributed by atoms with van der Waals surface area (Å²) in [5, 5.41) is 3.12. The van der Waals surface area contributed by atoms with Crippen molar-refractivity contribution >= 4 is 23.2 Å². The number of hydrogen-bond acceptors (Lipinski definition) is 5. The molecule has 1 amide bonds. The maximum Gasteiger partial charge on any atom is 0.409 e. The van der Waals surface area contributed by atoms with Gasteiger partial charge in [0.15, 0.2) is 0 Å². The molecule has 2 aromatic rings. The second-order valence-electron chi connectivity index (χ2n) is 4.03. The summed E-state index contributed by atoms with van der Waals surface area (Å²) in [5.74, 6) is 1.04. The lowest BCUT2D eigenvalue weighted by Gasteiger charge is -2.11. The van der Waals surface area contributed by atoms with Crippen LogP contribution in [0.2, 0.25) is 0 Å². The van der Waals surface area contributed by atoms with Crippen molar-refractivity contribution in [3.63, 3.8) is 0 Å². The average molecular weight is 273 g/mol. The van der Waals surface area contributed by atoms with E-state index in [1.165, 1.54) is 0 Å². The largest absolute Gasteiger partial charge is 0.497 e. The van der Waals surface area contributed by atoms with Gasteiger partial charge in [0.2, 0.25) is 0 Å². The summed E-state index contributed by atoms with van der Waals surface area (Å²) in [5.41, 5.74) is 12.9. The second-order valence-corrected chi connectivity index (χ2v) is 4.03. The molecule has 0 heterocycles. The average Bonchev–Trinajstić information content (AvgIpc) is 2.41. The zero-order chi connectivity index (χ0) is 14.5. The number of nitrogens with one attached hydrogen (secondary N) is 1. The van der Waals surface area contributed by atoms with Crippen LogP contribution in [0, 0.1) is 0 Å². The molecule has 6 heteroatoms. The second kappa shape index (κ2) is 5.83. The number of methoxy groups -OCH3 is 1. The first kappa shape index (κ1) is 13.5. The van der Waals surface area contributed by atoms with Gasteiger partial charge in [-0.1, -0.05) is 6.07 Å². The third kappa shape index (κ3) is 3.32. The van der Waals surface area contributed by atoms with Crippen LogP contribution in [0.4, 0.5) is 21.9 Å². The van der Waals surface area contributed by atoms with E-state index in [0.29, 0.717) is 17.2 Å². The van der Waals surface area contributed by atoms with Gasteiger partial charge in [0, 0.05) is 17.8 Å². The van der Waals surface area contributed by atoms with Crippen LogP contribution in [0.1, 0.15) is 0 Å². The number of benzene rings is 2. The summed E-state index contributed by atoms with van der Waals surface area (Å²) < 4.78 is 9.89. The molecule has 0 radical (unpaired) electrons. The Morgan fingerprint density at radius 2 is 1.95 bits per heavy atom. The topological polar surface area (TPSA) is 99.6 Å². The van der Waals surface area contributed by atoms with E-state index in [-0.39, 0.29) is 0 Å². The number of carbonyl (C=O) groups is 1. The monoisotopic (exact) mass is 273 g/mol. The Balaban J connectivity index is 2.19. The number of amides is 1. The molecule has 0 saturated carbocycles. The van der Waals surface area contributed by atoms with Crippen molar-refractivity contribution in [1.82, 2.24) is 0 Å². The van der Waals surface area contributed by atoms with Gasteiger partial charge < -0.3 is 26.3 Å². The molecule has 0 spiro atoms. The summed E-state index contributed by atoms with van der Waals surface area (Å²) in [6.07, 6.45) is -0.855.